The fourth-order valence-corrected chi connectivity index (χ4v) is 2.68. The molecule has 0 aromatic heterocycles. The molecular weight excluding hydrogens is 407 g/mol. The summed E-state index contributed by atoms with van der Waals surface area (Å²) in [5, 5.41) is 2.90. The van der Waals surface area contributed by atoms with E-state index in [0.717, 1.165) is 32.0 Å². The number of hydrogen-bond acceptors (Lipinski definition) is 3. The summed E-state index contributed by atoms with van der Waals surface area (Å²) in [5.41, 5.74) is 3.54. The second kappa shape index (κ2) is 15.5. The summed E-state index contributed by atoms with van der Waals surface area (Å²) in [4.78, 5) is 2.37. The Labute approximate surface area is 173 Å². The van der Waals surface area contributed by atoms with E-state index in [0.29, 0.717) is 4.47 Å². The maximum atomic E-state index is 12.6. The lowest BCUT2D eigenvalue weighted by Gasteiger charge is -2.29. The molecule has 0 saturated carbocycles. The van der Waals surface area contributed by atoms with Gasteiger partial charge in [0.2, 0.25) is 0 Å². The smallest absolute Gasteiger partial charge is 0.137 e. The van der Waals surface area contributed by atoms with Crippen LogP contribution in [0.3, 0.4) is 0 Å². The van der Waals surface area contributed by atoms with Crippen LogP contribution in [0.4, 0.5) is 15.8 Å². The molecule has 3 rings (SSSR count). The SMILES string of the molecule is CC.CC.CNc1ccc(F)c(Br)c1.Cc1cccc(N2CCOCC2)c1. The van der Waals surface area contributed by atoms with Crippen molar-refractivity contribution in [2.75, 3.05) is 43.6 Å². The molecule has 0 aliphatic carbocycles. The quantitative estimate of drug-likeness (QED) is 0.575. The average molecular weight is 441 g/mol. The normalized spacial score (nSPS) is 12.4. The summed E-state index contributed by atoms with van der Waals surface area (Å²) in [6, 6.07) is 13.4. The first-order chi connectivity index (χ1) is 13.1. The van der Waals surface area contributed by atoms with Crippen LogP contribution in [-0.4, -0.2) is 33.4 Å². The third-order valence-electron chi connectivity index (χ3n) is 3.59. The van der Waals surface area contributed by atoms with Gasteiger partial charge in [0.1, 0.15) is 5.82 Å². The second-order valence-corrected chi connectivity index (χ2v) is 6.17. The molecule has 1 N–H and O–H groups in total. The lowest BCUT2D eigenvalue weighted by atomic mass is 10.2. The molecule has 1 fully saturated rings. The van der Waals surface area contributed by atoms with Crippen molar-refractivity contribution in [1.82, 2.24) is 0 Å². The Morgan fingerprint density at radius 2 is 1.63 bits per heavy atom. The molecule has 3 nitrogen and oxygen atoms in total. The first-order valence-corrected chi connectivity index (χ1v) is 10.4. The minimum atomic E-state index is -0.237. The first kappa shape index (κ1) is 25.4. The van der Waals surface area contributed by atoms with E-state index in [1.165, 1.54) is 17.3 Å². The Kier molecular flexibility index (Phi) is 14.6. The van der Waals surface area contributed by atoms with Crippen LogP contribution in [0.25, 0.3) is 0 Å². The third-order valence-corrected chi connectivity index (χ3v) is 4.19. The van der Waals surface area contributed by atoms with Gasteiger partial charge in [0, 0.05) is 31.5 Å². The number of morpholine rings is 1. The molecule has 1 heterocycles. The molecule has 0 unspecified atom stereocenters. The number of hydrogen-bond donors (Lipinski definition) is 1. The number of anilines is 2. The highest BCUT2D eigenvalue weighted by Gasteiger charge is 2.10. The summed E-state index contributed by atoms with van der Waals surface area (Å²) in [7, 11) is 1.79. The van der Waals surface area contributed by atoms with Gasteiger partial charge in [-0.2, -0.15) is 0 Å². The van der Waals surface area contributed by atoms with Crippen molar-refractivity contribution < 1.29 is 9.13 Å². The summed E-state index contributed by atoms with van der Waals surface area (Å²) < 4.78 is 18.4. The van der Waals surface area contributed by atoms with E-state index in [1.807, 2.05) is 27.7 Å². The molecular formula is C22H34BrFN2O. The molecule has 1 aliphatic rings. The van der Waals surface area contributed by atoms with Gasteiger partial charge >= 0.3 is 0 Å². The average Bonchev–Trinajstić information content (AvgIpc) is 2.74. The van der Waals surface area contributed by atoms with Crippen molar-refractivity contribution in [1.29, 1.82) is 0 Å². The van der Waals surface area contributed by atoms with E-state index in [4.69, 9.17) is 4.74 Å². The number of aryl methyl sites for hydroxylation is 1. The van der Waals surface area contributed by atoms with Crippen LogP contribution >= 0.6 is 15.9 Å². The highest BCUT2D eigenvalue weighted by molar-refractivity contribution is 9.10. The largest absolute Gasteiger partial charge is 0.388 e. The maximum Gasteiger partial charge on any atom is 0.137 e. The lowest BCUT2D eigenvalue weighted by molar-refractivity contribution is 0.122. The molecule has 2 aromatic rings. The Hall–Kier alpha value is -1.59. The van der Waals surface area contributed by atoms with Crippen LogP contribution in [0.1, 0.15) is 33.3 Å². The van der Waals surface area contributed by atoms with Crippen LogP contribution < -0.4 is 10.2 Å². The van der Waals surface area contributed by atoms with Crippen molar-refractivity contribution in [3.05, 3.63) is 58.3 Å². The lowest BCUT2D eigenvalue weighted by Crippen LogP contribution is -2.36. The Balaban J connectivity index is 0.000000434. The molecule has 0 amide bonds. The molecule has 152 valence electrons. The van der Waals surface area contributed by atoms with E-state index in [-0.39, 0.29) is 5.82 Å². The minimum absolute atomic E-state index is 0.237. The highest BCUT2D eigenvalue weighted by Crippen LogP contribution is 2.19. The predicted molar refractivity (Wildman–Crippen MR) is 121 cm³/mol. The second-order valence-electron chi connectivity index (χ2n) is 5.32. The zero-order valence-corrected chi connectivity index (χ0v) is 19.1. The van der Waals surface area contributed by atoms with E-state index in [1.54, 1.807) is 19.2 Å². The summed E-state index contributed by atoms with van der Waals surface area (Å²) in [6.07, 6.45) is 0. The van der Waals surface area contributed by atoms with E-state index in [2.05, 4.69) is 57.3 Å². The van der Waals surface area contributed by atoms with E-state index >= 15 is 0 Å². The van der Waals surface area contributed by atoms with Gasteiger partial charge in [-0.1, -0.05) is 39.8 Å². The van der Waals surface area contributed by atoms with Gasteiger partial charge in [-0.3, -0.25) is 0 Å². The monoisotopic (exact) mass is 440 g/mol. The fraction of sp³-hybridized carbons (Fsp3) is 0.455. The van der Waals surface area contributed by atoms with Gasteiger partial charge in [-0.05, 0) is 58.7 Å². The maximum absolute atomic E-state index is 12.6. The zero-order chi connectivity index (χ0) is 20.7. The Bertz CT molecular complexity index is 631. The van der Waals surface area contributed by atoms with Crippen LogP contribution in [0.5, 0.6) is 0 Å². The van der Waals surface area contributed by atoms with Crippen molar-refractivity contribution in [3.8, 4) is 0 Å². The predicted octanol–water partition coefficient (Wildman–Crippen LogP) is 6.51. The number of rotatable bonds is 2. The molecule has 2 aromatic carbocycles. The number of nitrogens with zero attached hydrogens (tertiary/aromatic N) is 1. The van der Waals surface area contributed by atoms with Crippen molar-refractivity contribution >= 4 is 27.3 Å². The molecule has 1 aliphatic heterocycles. The van der Waals surface area contributed by atoms with Crippen LogP contribution in [0.2, 0.25) is 0 Å². The van der Waals surface area contributed by atoms with Crippen LogP contribution in [0, 0.1) is 12.7 Å². The third kappa shape index (κ3) is 9.78. The summed E-state index contributed by atoms with van der Waals surface area (Å²) in [5.74, 6) is -0.237. The van der Waals surface area contributed by atoms with Crippen LogP contribution in [-0.2, 0) is 4.74 Å². The molecule has 0 radical (unpaired) electrons. The van der Waals surface area contributed by atoms with Gasteiger partial charge in [-0.25, -0.2) is 4.39 Å². The standard InChI is InChI=1S/C11H15NO.C7H7BrFN.2C2H6/c1-10-3-2-4-11(9-10)12-5-7-13-8-6-12;1-10-5-2-3-7(9)6(8)4-5;2*1-2/h2-4,9H,5-8H2,1H3;2-4,10H,1H3;2*1-2H3. The van der Waals surface area contributed by atoms with Crippen LogP contribution in [0.15, 0.2) is 46.9 Å². The van der Waals surface area contributed by atoms with Crippen molar-refractivity contribution in [3.63, 3.8) is 0 Å². The summed E-state index contributed by atoms with van der Waals surface area (Å²) in [6.45, 7) is 13.9. The first-order valence-electron chi connectivity index (χ1n) is 9.62. The van der Waals surface area contributed by atoms with Gasteiger partial charge < -0.3 is 15.0 Å². The van der Waals surface area contributed by atoms with E-state index < -0.39 is 0 Å². The molecule has 0 spiro atoms. The summed E-state index contributed by atoms with van der Waals surface area (Å²) >= 11 is 3.07. The molecule has 0 bridgehead atoms. The number of benzene rings is 2. The topological polar surface area (TPSA) is 24.5 Å². The zero-order valence-electron chi connectivity index (χ0n) is 17.5. The number of ether oxygens (including phenoxy) is 1. The number of halogens is 2. The van der Waals surface area contributed by atoms with E-state index in [9.17, 15) is 4.39 Å². The van der Waals surface area contributed by atoms with Gasteiger partial charge in [-0.15, -0.1) is 0 Å². The fourth-order valence-electron chi connectivity index (χ4n) is 2.30. The molecule has 0 atom stereocenters. The Morgan fingerprint density at radius 1 is 1.00 bits per heavy atom. The van der Waals surface area contributed by atoms with Gasteiger partial charge in [0.15, 0.2) is 0 Å². The van der Waals surface area contributed by atoms with Crippen molar-refractivity contribution in [2.24, 2.45) is 0 Å². The van der Waals surface area contributed by atoms with Gasteiger partial charge in [0.05, 0.1) is 17.7 Å². The Morgan fingerprint density at radius 3 is 2.15 bits per heavy atom. The number of nitrogens with one attached hydrogen (secondary N) is 1. The molecule has 5 heteroatoms. The van der Waals surface area contributed by atoms with Gasteiger partial charge in [0.25, 0.3) is 0 Å². The minimum Gasteiger partial charge on any atom is -0.388 e. The highest BCUT2D eigenvalue weighted by atomic mass is 79.9. The van der Waals surface area contributed by atoms with Crippen molar-refractivity contribution in [2.45, 2.75) is 34.6 Å². The molecule has 27 heavy (non-hydrogen) atoms. The molecule has 1 saturated heterocycles.